The summed E-state index contributed by atoms with van der Waals surface area (Å²) < 4.78 is 6.55. The van der Waals surface area contributed by atoms with Crippen molar-refractivity contribution in [3.05, 3.63) is 69.2 Å². The van der Waals surface area contributed by atoms with Crippen molar-refractivity contribution in [2.45, 2.75) is 24.8 Å². The fraction of sp³-hybridized carbons (Fsp3) is 0.350. The molecule has 2 aromatic carbocycles. The van der Waals surface area contributed by atoms with Gasteiger partial charge in [0.2, 0.25) is 5.91 Å². The van der Waals surface area contributed by atoms with Crippen LogP contribution in [0.15, 0.2) is 53.0 Å². The molecule has 0 bridgehead atoms. The number of carbonyl (C=O) groups excluding carboxylic acids is 1. The van der Waals surface area contributed by atoms with Gasteiger partial charge in [-0.2, -0.15) is 0 Å². The standard InChI is InChI=1S/C20H21BrClNO2/c1-23(14-15-4-2-3-5-18(15)21)19(24)20(10-12-25-13-11-20)16-6-8-17(22)9-7-16/h2-9H,10-14H2,1H3. The van der Waals surface area contributed by atoms with E-state index in [0.29, 0.717) is 37.6 Å². The molecular weight excluding hydrogens is 402 g/mol. The summed E-state index contributed by atoms with van der Waals surface area (Å²) in [5.41, 5.74) is 1.57. The SMILES string of the molecule is CN(Cc1ccccc1Br)C(=O)C1(c2ccc(Cl)cc2)CCOCC1. The second kappa shape index (κ2) is 7.90. The zero-order valence-electron chi connectivity index (χ0n) is 14.2. The van der Waals surface area contributed by atoms with E-state index in [0.717, 1.165) is 15.6 Å². The van der Waals surface area contributed by atoms with E-state index in [-0.39, 0.29) is 5.91 Å². The molecule has 5 heteroatoms. The zero-order valence-corrected chi connectivity index (χ0v) is 16.5. The first-order chi connectivity index (χ1) is 12.0. The van der Waals surface area contributed by atoms with Crippen LogP contribution in [-0.4, -0.2) is 31.1 Å². The van der Waals surface area contributed by atoms with E-state index < -0.39 is 5.41 Å². The maximum absolute atomic E-state index is 13.4. The monoisotopic (exact) mass is 421 g/mol. The Bertz CT molecular complexity index is 742. The number of halogens is 2. The summed E-state index contributed by atoms with van der Waals surface area (Å²) in [6.07, 6.45) is 1.38. The summed E-state index contributed by atoms with van der Waals surface area (Å²) in [4.78, 5) is 15.3. The third-order valence-electron chi connectivity index (χ3n) is 4.86. The van der Waals surface area contributed by atoms with Crippen LogP contribution in [0.4, 0.5) is 0 Å². The van der Waals surface area contributed by atoms with Crippen LogP contribution in [0.3, 0.4) is 0 Å². The smallest absolute Gasteiger partial charge is 0.233 e. The Kier molecular flexibility index (Phi) is 5.82. The molecule has 1 saturated heterocycles. The molecule has 0 atom stereocenters. The lowest BCUT2D eigenvalue weighted by atomic mass is 9.73. The highest BCUT2D eigenvalue weighted by Crippen LogP contribution is 2.37. The van der Waals surface area contributed by atoms with Gasteiger partial charge in [0.25, 0.3) is 0 Å². The summed E-state index contributed by atoms with van der Waals surface area (Å²) in [6, 6.07) is 15.6. The Morgan fingerprint density at radius 2 is 1.80 bits per heavy atom. The number of hydrogen-bond acceptors (Lipinski definition) is 2. The maximum Gasteiger partial charge on any atom is 0.233 e. The summed E-state index contributed by atoms with van der Waals surface area (Å²) in [6.45, 7) is 1.75. The molecule has 1 aliphatic heterocycles. The highest BCUT2D eigenvalue weighted by molar-refractivity contribution is 9.10. The Morgan fingerprint density at radius 3 is 2.44 bits per heavy atom. The van der Waals surface area contributed by atoms with Gasteiger partial charge in [-0.05, 0) is 42.2 Å². The van der Waals surface area contributed by atoms with Crippen LogP contribution in [-0.2, 0) is 21.5 Å². The lowest BCUT2D eigenvalue weighted by Crippen LogP contribution is -2.48. The van der Waals surface area contributed by atoms with Crippen molar-refractivity contribution < 1.29 is 9.53 Å². The van der Waals surface area contributed by atoms with Crippen molar-refractivity contribution in [3.8, 4) is 0 Å². The molecule has 2 aromatic rings. The van der Waals surface area contributed by atoms with Crippen molar-refractivity contribution in [1.29, 1.82) is 0 Å². The van der Waals surface area contributed by atoms with Gasteiger partial charge in [-0.25, -0.2) is 0 Å². The zero-order chi connectivity index (χ0) is 17.9. The lowest BCUT2D eigenvalue weighted by molar-refractivity contribution is -0.140. The molecular formula is C20H21BrClNO2. The number of amides is 1. The molecule has 3 rings (SSSR count). The third kappa shape index (κ3) is 3.91. The molecule has 0 radical (unpaired) electrons. The Balaban J connectivity index is 1.89. The fourth-order valence-electron chi connectivity index (χ4n) is 3.43. The average Bonchev–Trinajstić information content (AvgIpc) is 2.64. The normalized spacial score (nSPS) is 16.4. The molecule has 0 aliphatic carbocycles. The molecule has 1 heterocycles. The van der Waals surface area contributed by atoms with Gasteiger partial charge in [-0.15, -0.1) is 0 Å². The van der Waals surface area contributed by atoms with Gasteiger partial charge in [-0.1, -0.05) is 57.9 Å². The van der Waals surface area contributed by atoms with E-state index in [4.69, 9.17) is 16.3 Å². The number of nitrogens with zero attached hydrogens (tertiary/aromatic N) is 1. The van der Waals surface area contributed by atoms with Crippen LogP contribution in [0.25, 0.3) is 0 Å². The van der Waals surface area contributed by atoms with Crippen LogP contribution >= 0.6 is 27.5 Å². The molecule has 25 heavy (non-hydrogen) atoms. The molecule has 0 unspecified atom stereocenters. The average molecular weight is 423 g/mol. The lowest BCUT2D eigenvalue weighted by Gasteiger charge is -2.39. The Labute approximate surface area is 162 Å². The van der Waals surface area contributed by atoms with Gasteiger partial charge in [0.1, 0.15) is 0 Å². The van der Waals surface area contributed by atoms with Gasteiger partial charge in [-0.3, -0.25) is 4.79 Å². The van der Waals surface area contributed by atoms with Gasteiger partial charge in [0, 0.05) is 36.3 Å². The molecule has 0 saturated carbocycles. The van der Waals surface area contributed by atoms with Gasteiger partial charge < -0.3 is 9.64 Å². The minimum absolute atomic E-state index is 0.133. The topological polar surface area (TPSA) is 29.5 Å². The minimum Gasteiger partial charge on any atom is -0.381 e. The predicted octanol–water partition coefficient (Wildman–Crippen LogP) is 4.81. The highest BCUT2D eigenvalue weighted by Gasteiger charge is 2.43. The molecule has 1 amide bonds. The predicted molar refractivity (Wildman–Crippen MR) is 104 cm³/mol. The summed E-state index contributed by atoms with van der Waals surface area (Å²) in [7, 11) is 1.87. The molecule has 3 nitrogen and oxygen atoms in total. The fourth-order valence-corrected chi connectivity index (χ4v) is 3.97. The quantitative estimate of drug-likeness (QED) is 0.707. The Hall–Kier alpha value is -1.36. The van der Waals surface area contributed by atoms with E-state index >= 15 is 0 Å². The second-order valence-corrected chi connectivity index (χ2v) is 7.74. The summed E-state index contributed by atoms with van der Waals surface area (Å²) in [5, 5.41) is 0.681. The van der Waals surface area contributed by atoms with Crippen LogP contribution in [0.1, 0.15) is 24.0 Å². The van der Waals surface area contributed by atoms with E-state index in [1.54, 1.807) is 0 Å². The number of benzene rings is 2. The van der Waals surface area contributed by atoms with Crippen LogP contribution < -0.4 is 0 Å². The van der Waals surface area contributed by atoms with Crippen molar-refractivity contribution in [2.24, 2.45) is 0 Å². The number of ether oxygens (including phenoxy) is 1. The van der Waals surface area contributed by atoms with Crippen molar-refractivity contribution in [2.75, 3.05) is 20.3 Å². The summed E-state index contributed by atoms with van der Waals surface area (Å²) >= 11 is 9.60. The molecule has 0 N–H and O–H groups in total. The van der Waals surface area contributed by atoms with Crippen molar-refractivity contribution in [3.63, 3.8) is 0 Å². The van der Waals surface area contributed by atoms with Crippen LogP contribution in [0.5, 0.6) is 0 Å². The third-order valence-corrected chi connectivity index (χ3v) is 5.89. The first-order valence-electron chi connectivity index (χ1n) is 8.36. The van der Waals surface area contributed by atoms with E-state index in [1.165, 1.54) is 0 Å². The molecule has 0 spiro atoms. The van der Waals surface area contributed by atoms with Gasteiger partial charge in [0.15, 0.2) is 0 Å². The second-order valence-electron chi connectivity index (χ2n) is 6.45. The van der Waals surface area contributed by atoms with Crippen molar-refractivity contribution >= 4 is 33.4 Å². The number of likely N-dealkylation sites (N-methyl/N-ethyl adjacent to an activating group) is 1. The van der Waals surface area contributed by atoms with Crippen LogP contribution in [0.2, 0.25) is 5.02 Å². The Morgan fingerprint density at radius 1 is 1.16 bits per heavy atom. The molecule has 0 aromatic heterocycles. The minimum atomic E-state index is -0.543. The highest BCUT2D eigenvalue weighted by atomic mass is 79.9. The first kappa shape index (κ1) is 18.4. The molecule has 132 valence electrons. The first-order valence-corrected chi connectivity index (χ1v) is 9.53. The van der Waals surface area contributed by atoms with Crippen molar-refractivity contribution in [1.82, 2.24) is 4.90 Å². The number of carbonyl (C=O) groups is 1. The molecule has 1 aliphatic rings. The van der Waals surface area contributed by atoms with E-state index in [9.17, 15) is 4.79 Å². The van der Waals surface area contributed by atoms with Gasteiger partial charge in [0.05, 0.1) is 5.41 Å². The maximum atomic E-state index is 13.4. The molecule has 1 fully saturated rings. The van der Waals surface area contributed by atoms with E-state index in [2.05, 4.69) is 15.9 Å². The summed E-state index contributed by atoms with van der Waals surface area (Å²) in [5.74, 6) is 0.133. The largest absolute Gasteiger partial charge is 0.381 e. The van der Waals surface area contributed by atoms with Crippen LogP contribution in [0, 0.1) is 0 Å². The van der Waals surface area contributed by atoms with E-state index in [1.807, 2.05) is 60.5 Å². The number of rotatable bonds is 4. The van der Waals surface area contributed by atoms with Gasteiger partial charge >= 0.3 is 0 Å². The number of hydrogen-bond donors (Lipinski definition) is 0.